The highest BCUT2D eigenvalue weighted by molar-refractivity contribution is 14.1. The van der Waals surface area contributed by atoms with Crippen LogP contribution in [-0.4, -0.2) is 54.3 Å². The minimum absolute atomic E-state index is 0.367. The molecule has 0 spiro atoms. The van der Waals surface area contributed by atoms with E-state index in [0.717, 1.165) is 5.56 Å². The average molecular weight is 589 g/mol. The zero-order chi connectivity index (χ0) is 23.6. The summed E-state index contributed by atoms with van der Waals surface area (Å²) in [7, 11) is -3.96. The fraction of sp³-hybridized carbons (Fsp3) is 0.652. The molecule has 33 heavy (non-hydrogen) atoms. The highest BCUT2D eigenvalue weighted by atomic mass is 127. The lowest BCUT2D eigenvalue weighted by Crippen LogP contribution is -2.50. The van der Waals surface area contributed by atoms with Crippen LogP contribution in [0.25, 0.3) is 0 Å². The summed E-state index contributed by atoms with van der Waals surface area (Å²) in [4.78, 5) is 26.3. The fourth-order valence-electron chi connectivity index (χ4n) is 6.00. The van der Waals surface area contributed by atoms with E-state index in [9.17, 15) is 18.0 Å². The van der Waals surface area contributed by atoms with Crippen LogP contribution in [0.3, 0.4) is 0 Å². The molecule has 2 saturated carbocycles. The van der Waals surface area contributed by atoms with Crippen LogP contribution in [0.15, 0.2) is 30.3 Å². The summed E-state index contributed by atoms with van der Waals surface area (Å²) in [5.41, 5.74) is 0.0887. The van der Waals surface area contributed by atoms with Gasteiger partial charge in [-0.15, -0.1) is 0 Å². The lowest BCUT2D eigenvalue weighted by molar-refractivity contribution is -0.177. The molecule has 8 nitrogen and oxygen atoms in total. The third-order valence-electron chi connectivity index (χ3n) is 7.54. The van der Waals surface area contributed by atoms with Crippen molar-refractivity contribution < 1.29 is 31.7 Å². The molecule has 5 rings (SSSR count). The minimum atomic E-state index is -3.96. The second-order valence-electron chi connectivity index (χ2n) is 9.98. The standard InChI is InChI=1S/C23H28INO7S/c1-22(2,24)21(27)30-17-14-12-15-18(17)32-33(28,29)19(15)16(14)20(26)31-23(8-10-25-11-9-23)13-6-4-3-5-7-13/h3-7,14-19,25H,8-12H2,1-2H3. The van der Waals surface area contributed by atoms with E-state index >= 15 is 0 Å². The van der Waals surface area contributed by atoms with Gasteiger partial charge in [-0.3, -0.25) is 13.8 Å². The number of esters is 2. The van der Waals surface area contributed by atoms with Crippen molar-refractivity contribution in [2.45, 2.75) is 59.6 Å². The first-order valence-corrected chi connectivity index (χ1v) is 13.9. The Morgan fingerprint density at radius 2 is 1.82 bits per heavy atom. The van der Waals surface area contributed by atoms with Gasteiger partial charge in [0, 0.05) is 24.7 Å². The Morgan fingerprint density at radius 1 is 1.15 bits per heavy atom. The van der Waals surface area contributed by atoms with Gasteiger partial charge in [-0.05, 0) is 38.9 Å². The lowest BCUT2D eigenvalue weighted by atomic mass is 9.82. The highest BCUT2D eigenvalue weighted by Crippen LogP contribution is 2.59. The SMILES string of the molecule is CC(C)(I)C(=O)OC1C2CC3C1OS(=O)(=O)C3C2C(=O)OC1(c2ccccc2)CCNCC1. The molecule has 2 aliphatic carbocycles. The largest absolute Gasteiger partial charge is 0.458 e. The van der Waals surface area contributed by atoms with E-state index in [0.29, 0.717) is 32.4 Å². The Morgan fingerprint density at radius 3 is 2.45 bits per heavy atom. The van der Waals surface area contributed by atoms with Gasteiger partial charge in [0.2, 0.25) is 0 Å². The second kappa shape index (κ2) is 8.17. The maximum absolute atomic E-state index is 13.7. The summed E-state index contributed by atoms with van der Waals surface area (Å²) in [6.45, 7) is 4.84. The van der Waals surface area contributed by atoms with E-state index in [1.807, 2.05) is 52.9 Å². The van der Waals surface area contributed by atoms with Gasteiger partial charge in [0.25, 0.3) is 10.1 Å². The number of carbonyl (C=O) groups is 2. The van der Waals surface area contributed by atoms with E-state index in [-0.39, 0.29) is 5.92 Å². The van der Waals surface area contributed by atoms with E-state index in [1.165, 1.54) is 0 Å². The van der Waals surface area contributed by atoms with Crippen molar-refractivity contribution in [3.05, 3.63) is 35.9 Å². The van der Waals surface area contributed by atoms with Gasteiger partial charge in [-0.2, -0.15) is 8.42 Å². The Bertz CT molecular complexity index is 1050. The van der Waals surface area contributed by atoms with Gasteiger partial charge in [-0.25, -0.2) is 0 Å². The van der Waals surface area contributed by atoms with Gasteiger partial charge in [-0.1, -0.05) is 52.9 Å². The molecule has 0 radical (unpaired) electrons. The molecular weight excluding hydrogens is 561 g/mol. The number of piperidine rings is 1. The lowest BCUT2D eigenvalue weighted by Gasteiger charge is -2.40. The normalized spacial score (nSPS) is 35.8. The number of rotatable bonds is 5. The quantitative estimate of drug-likeness (QED) is 0.242. The molecule has 2 saturated heterocycles. The van der Waals surface area contributed by atoms with Crippen LogP contribution in [0.4, 0.5) is 0 Å². The van der Waals surface area contributed by atoms with Crippen molar-refractivity contribution in [2.24, 2.45) is 17.8 Å². The zero-order valence-electron chi connectivity index (χ0n) is 18.5. The third kappa shape index (κ3) is 3.90. The van der Waals surface area contributed by atoms with Crippen molar-refractivity contribution in [3.63, 3.8) is 0 Å². The number of benzene rings is 1. The number of halogens is 1. The second-order valence-corrected chi connectivity index (χ2v) is 14.4. The van der Waals surface area contributed by atoms with Gasteiger partial charge in [0.1, 0.15) is 26.5 Å². The fourth-order valence-corrected chi connectivity index (χ4v) is 8.18. The monoisotopic (exact) mass is 589 g/mol. The molecule has 0 aromatic heterocycles. The first-order valence-electron chi connectivity index (χ1n) is 11.3. The van der Waals surface area contributed by atoms with Crippen LogP contribution in [-0.2, 0) is 39.0 Å². The number of hydrogen-bond donors (Lipinski definition) is 1. The van der Waals surface area contributed by atoms with Gasteiger partial charge < -0.3 is 14.8 Å². The molecule has 6 unspecified atom stereocenters. The maximum atomic E-state index is 13.7. The van der Waals surface area contributed by atoms with Gasteiger partial charge in [0.15, 0.2) is 0 Å². The number of carbonyl (C=O) groups excluding carboxylic acids is 2. The van der Waals surface area contributed by atoms with Crippen LogP contribution >= 0.6 is 22.6 Å². The molecule has 1 N–H and O–H groups in total. The first-order chi connectivity index (χ1) is 15.5. The Balaban J connectivity index is 1.45. The summed E-state index contributed by atoms with van der Waals surface area (Å²) >= 11 is 1.99. The topological polar surface area (TPSA) is 108 Å². The summed E-state index contributed by atoms with van der Waals surface area (Å²) in [6, 6.07) is 9.61. The molecule has 2 heterocycles. The van der Waals surface area contributed by atoms with Gasteiger partial charge >= 0.3 is 11.9 Å². The molecule has 0 amide bonds. The summed E-state index contributed by atoms with van der Waals surface area (Å²) in [5.74, 6) is -2.71. The molecule has 1 aromatic rings. The van der Waals surface area contributed by atoms with Crippen LogP contribution in [0.1, 0.15) is 38.7 Å². The molecular formula is C23H28INO7S. The number of hydrogen-bond acceptors (Lipinski definition) is 8. The maximum Gasteiger partial charge on any atom is 0.321 e. The molecule has 1 aromatic carbocycles. The smallest absolute Gasteiger partial charge is 0.321 e. The highest BCUT2D eigenvalue weighted by Gasteiger charge is 2.72. The molecule has 2 bridgehead atoms. The van der Waals surface area contributed by atoms with Crippen molar-refractivity contribution >= 4 is 44.6 Å². The predicted octanol–water partition coefficient (Wildman–Crippen LogP) is 2.30. The van der Waals surface area contributed by atoms with Crippen LogP contribution in [0.5, 0.6) is 0 Å². The summed E-state index contributed by atoms with van der Waals surface area (Å²) in [6.07, 6.45) is 0.166. The van der Waals surface area contributed by atoms with E-state index in [1.54, 1.807) is 13.8 Å². The zero-order valence-corrected chi connectivity index (χ0v) is 21.5. The predicted molar refractivity (Wildman–Crippen MR) is 127 cm³/mol. The minimum Gasteiger partial charge on any atom is -0.458 e. The van der Waals surface area contributed by atoms with Crippen LogP contribution in [0, 0.1) is 17.8 Å². The van der Waals surface area contributed by atoms with Crippen LogP contribution in [0.2, 0.25) is 0 Å². The Labute approximate surface area is 207 Å². The molecule has 4 aliphatic rings. The van der Waals surface area contributed by atoms with Crippen molar-refractivity contribution in [1.29, 1.82) is 0 Å². The average Bonchev–Trinajstić information content (AvgIpc) is 3.37. The van der Waals surface area contributed by atoms with Crippen molar-refractivity contribution in [3.8, 4) is 0 Å². The third-order valence-corrected chi connectivity index (χ3v) is 9.78. The number of nitrogens with one attached hydrogen (secondary N) is 1. The van der Waals surface area contributed by atoms with Gasteiger partial charge in [0.05, 0.1) is 5.92 Å². The number of fused-ring (bicyclic) bond motifs is 1. The molecule has 2 aliphatic heterocycles. The summed E-state index contributed by atoms with van der Waals surface area (Å²) < 4.78 is 42.4. The first kappa shape index (κ1) is 23.5. The summed E-state index contributed by atoms with van der Waals surface area (Å²) in [5, 5.41) is 2.35. The van der Waals surface area contributed by atoms with E-state index in [4.69, 9.17) is 13.7 Å². The number of alkyl halides is 1. The Kier molecular flexibility index (Phi) is 5.81. The van der Waals surface area contributed by atoms with E-state index in [2.05, 4.69) is 5.32 Å². The molecule has 4 fully saturated rings. The van der Waals surface area contributed by atoms with E-state index < -0.39 is 60.4 Å². The molecule has 10 heteroatoms. The number of ether oxygens (including phenoxy) is 2. The Hall–Kier alpha value is -1.24. The van der Waals surface area contributed by atoms with Crippen LogP contribution < -0.4 is 5.32 Å². The molecule has 180 valence electrons. The van der Waals surface area contributed by atoms with Crippen molar-refractivity contribution in [1.82, 2.24) is 5.32 Å². The molecule has 6 atom stereocenters. The van der Waals surface area contributed by atoms with Crippen molar-refractivity contribution in [2.75, 3.05) is 13.1 Å².